The van der Waals surface area contributed by atoms with Crippen LogP contribution in [-0.2, 0) is 19.6 Å². The number of amides is 1. The summed E-state index contributed by atoms with van der Waals surface area (Å²) in [5.74, 6) is -1.64. The van der Waals surface area contributed by atoms with Crippen molar-refractivity contribution in [2.24, 2.45) is 0 Å². The summed E-state index contributed by atoms with van der Waals surface area (Å²) in [6, 6.07) is 6.88. The van der Waals surface area contributed by atoms with E-state index in [4.69, 9.17) is 39.5 Å². The molecule has 156 valence electrons. The lowest BCUT2D eigenvalue weighted by Gasteiger charge is -2.13. The topological polar surface area (TPSA) is 92.8 Å². The van der Waals surface area contributed by atoms with Crippen LogP contribution >= 0.6 is 34.8 Å². The maximum absolute atomic E-state index is 12.3. The fourth-order valence-corrected chi connectivity index (χ4v) is 3.78. The van der Waals surface area contributed by atoms with Crippen molar-refractivity contribution in [2.45, 2.75) is 11.8 Å². The fraction of sp³-hybridized carbons (Fsp3) is 0.222. The van der Waals surface area contributed by atoms with E-state index in [1.807, 2.05) is 0 Å². The molecular weight excluding hydrogens is 463 g/mol. The van der Waals surface area contributed by atoms with Gasteiger partial charge in [0.2, 0.25) is 10.0 Å². The lowest BCUT2D eigenvalue weighted by molar-refractivity contribution is -0.119. The molecule has 0 heterocycles. The quantitative estimate of drug-likeness (QED) is 0.632. The van der Waals surface area contributed by atoms with Gasteiger partial charge in [-0.15, -0.1) is 0 Å². The Morgan fingerprint density at radius 1 is 1.07 bits per heavy atom. The van der Waals surface area contributed by atoms with E-state index in [1.165, 1.54) is 26.2 Å². The fourth-order valence-electron chi connectivity index (χ4n) is 2.19. The summed E-state index contributed by atoms with van der Waals surface area (Å²) in [4.78, 5) is 24.3. The van der Waals surface area contributed by atoms with Crippen LogP contribution in [-0.4, -0.2) is 45.3 Å². The van der Waals surface area contributed by atoms with Gasteiger partial charge in [-0.05, 0) is 36.8 Å². The number of rotatable bonds is 6. The Morgan fingerprint density at radius 2 is 1.69 bits per heavy atom. The number of ether oxygens (including phenoxy) is 1. The molecule has 29 heavy (non-hydrogen) atoms. The molecule has 11 heteroatoms. The highest BCUT2D eigenvalue weighted by atomic mass is 35.5. The second-order valence-corrected chi connectivity index (χ2v) is 9.45. The van der Waals surface area contributed by atoms with Gasteiger partial charge in [-0.25, -0.2) is 17.5 Å². The maximum atomic E-state index is 12.3. The molecule has 0 saturated heterocycles. The highest BCUT2D eigenvalue weighted by molar-refractivity contribution is 7.89. The standard InChI is InChI=1S/C18H17Cl3N2O5S/c1-10-4-6-14(20)17(16(10)21)22-15(24)9-28-18(25)12-8-11(5-7-13(12)19)29(26,27)23(2)3/h4-8H,9H2,1-3H3,(H,22,24). The summed E-state index contributed by atoms with van der Waals surface area (Å²) in [5.41, 5.74) is 0.717. The minimum absolute atomic E-state index is 0.0158. The van der Waals surface area contributed by atoms with Gasteiger partial charge in [0, 0.05) is 14.1 Å². The Bertz CT molecular complexity index is 1070. The zero-order chi connectivity index (χ0) is 21.9. The first kappa shape index (κ1) is 23.4. The van der Waals surface area contributed by atoms with Crippen LogP contribution in [0.2, 0.25) is 15.1 Å². The molecule has 2 aromatic rings. The zero-order valence-electron chi connectivity index (χ0n) is 15.6. The molecule has 0 atom stereocenters. The van der Waals surface area contributed by atoms with E-state index in [1.54, 1.807) is 19.1 Å². The van der Waals surface area contributed by atoms with Gasteiger partial charge in [-0.3, -0.25) is 4.79 Å². The van der Waals surface area contributed by atoms with Crippen molar-refractivity contribution in [1.29, 1.82) is 0 Å². The number of hydrogen-bond donors (Lipinski definition) is 1. The molecule has 2 rings (SSSR count). The summed E-state index contributed by atoms with van der Waals surface area (Å²) >= 11 is 18.1. The number of esters is 1. The first-order valence-corrected chi connectivity index (χ1v) is 10.7. The van der Waals surface area contributed by atoms with Gasteiger partial charge in [-0.2, -0.15) is 0 Å². The molecule has 2 aromatic carbocycles. The van der Waals surface area contributed by atoms with Crippen LogP contribution in [0.5, 0.6) is 0 Å². The third kappa shape index (κ3) is 5.40. The van der Waals surface area contributed by atoms with Crippen LogP contribution in [0.15, 0.2) is 35.2 Å². The lowest BCUT2D eigenvalue weighted by atomic mass is 10.2. The molecule has 0 unspecified atom stereocenters. The summed E-state index contributed by atoms with van der Waals surface area (Å²) in [5, 5.41) is 2.95. The van der Waals surface area contributed by atoms with E-state index in [0.29, 0.717) is 5.56 Å². The SMILES string of the molecule is Cc1ccc(Cl)c(NC(=O)COC(=O)c2cc(S(=O)(=O)N(C)C)ccc2Cl)c1Cl. The molecule has 0 fully saturated rings. The molecule has 0 spiro atoms. The maximum Gasteiger partial charge on any atom is 0.340 e. The van der Waals surface area contributed by atoms with Crippen molar-refractivity contribution in [3.8, 4) is 0 Å². The normalized spacial score (nSPS) is 11.4. The Balaban J connectivity index is 2.14. The number of benzene rings is 2. The number of nitrogens with one attached hydrogen (secondary N) is 1. The number of carbonyl (C=O) groups is 2. The van der Waals surface area contributed by atoms with Crippen LogP contribution in [0, 0.1) is 6.92 Å². The van der Waals surface area contributed by atoms with Gasteiger partial charge >= 0.3 is 5.97 Å². The molecule has 0 aliphatic carbocycles. The predicted octanol–water partition coefficient (Wildman–Crippen LogP) is 4.00. The van der Waals surface area contributed by atoms with Crippen LogP contribution in [0.1, 0.15) is 15.9 Å². The average Bonchev–Trinajstić information content (AvgIpc) is 2.66. The van der Waals surface area contributed by atoms with Crippen molar-refractivity contribution >= 4 is 62.4 Å². The third-order valence-corrected chi connectivity index (χ3v) is 6.76. The number of nitrogens with zero attached hydrogens (tertiary/aromatic N) is 1. The van der Waals surface area contributed by atoms with E-state index in [9.17, 15) is 18.0 Å². The van der Waals surface area contributed by atoms with Gasteiger partial charge in [0.05, 0.1) is 31.2 Å². The number of hydrogen-bond acceptors (Lipinski definition) is 5. The Morgan fingerprint density at radius 3 is 2.31 bits per heavy atom. The van der Waals surface area contributed by atoms with Gasteiger partial charge in [0.25, 0.3) is 5.91 Å². The van der Waals surface area contributed by atoms with E-state index >= 15 is 0 Å². The number of anilines is 1. The van der Waals surface area contributed by atoms with Gasteiger partial charge in [0.15, 0.2) is 6.61 Å². The summed E-state index contributed by atoms with van der Waals surface area (Å²) in [7, 11) is -1.07. The van der Waals surface area contributed by atoms with Crippen LogP contribution in [0.3, 0.4) is 0 Å². The van der Waals surface area contributed by atoms with E-state index in [0.717, 1.165) is 10.4 Å². The number of carbonyl (C=O) groups excluding carboxylic acids is 2. The van der Waals surface area contributed by atoms with Crippen molar-refractivity contribution in [1.82, 2.24) is 4.31 Å². The first-order chi connectivity index (χ1) is 13.4. The van der Waals surface area contributed by atoms with Crippen molar-refractivity contribution in [3.63, 3.8) is 0 Å². The van der Waals surface area contributed by atoms with Crippen LogP contribution in [0.25, 0.3) is 0 Å². The minimum atomic E-state index is -3.78. The highest BCUT2D eigenvalue weighted by Crippen LogP contribution is 2.32. The Kier molecular flexibility index (Phi) is 7.53. The predicted molar refractivity (Wildman–Crippen MR) is 112 cm³/mol. The minimum Gasteiger partial charge on any atom is -0.452 e. The van der Waals surface area contributed by atoms with Gasteiger partial charge in [0.1, 0.15) is 0 Å². The monoisotopic (exact) mass is 478 g/mol. The van der Waals surface area contributed by atoms with Crippen molar-refractivity contribution in [3.05, 3.63) is 56.5 Å². The molecule has 0 aliphatic rings. The lowest BCUT2D eigenvalue weighted by Crippen LogP contribution is -2.23. The molecule has 1 N–H and O–H groups in total. The van der Waals surface area contributed by atoms with Crippen LogP contribution < -0.4 is 5.32 Å². The summed E-state index contributed by atoms with van der Waals surface area (Å²) < 4.78 is 30.4. The van der Waals surface area contributed by atoms with Crippen LogP contribution in [0.4, 0.5) is 5.69 Å². The molecule has 7 nitrogen and oxygen atoms in total. The van der Waals surface area contributed by atoms with Crippen molar-refractivity contribution in [2.75, 3.05) is 26.0 Å². The Hall–Kier alpha value is -1.84. The van der Waals surface area contributed by atoms with E-state index < -0.39 is 28.5 Å². The highest BCUT2D eigenvalue weighted by Gasteiger charge is 2.22. The smallest absolute Gasteiger partial charge is 0.340 e. The molecule has 0 saturated carbocycles. The number of halogens is 3. The third-order valence-electron chi connectivity index (χ3n) is 3.82. The second-order valence-electron chi connectivity index (χ2n) is 6.11. The van der Waals surface area contributed by atoms with Gasteiger partial charge < -0.3 is 10.1 Å². The summed E-state index contributed by atoms with van der Waals surface area (Å²) in [6.07, 6.45) is 0. The largest absolute Gasteiger partial charge is 0.452 e. The van der Waals surface area contributed by atoms with Crippen molar-refractivity contribution < 1.29 is 22.7 Å². The number of aryl methyl sites for hydroxylation is 1. The molecular formula is C18H17Cl3N2O5S. The van der Waals surface area contributed by atoms with E-state index in [-0.39, 0.29) is 31.2 Å². The first-order valence-electron chi connectivity index (χ1n) is 8.08. The Labute approximate surface area is 183 Å². The van der Waals surface area contributed by atoms with Gasteiger partial charge in [-0.1, -0.05) is 40.9 Å². The molecule has 0 aliphatic heterocycles. The van der Waals surface area contributed by atoms with E-state index in [2.05, 4.69) is 5.32 Å². The average molecular weight is 480 g/mol. The number of sulfonamides is 1. The zero-order valence-corrected chi connectivity index (χ0v) is 18.7. The molecule has 0 radical (unpaired) electrons. The molecule has 1 amide bonds. The summed E-state index contributed by atoms with van der Waals surface area (Å²) in [6.45, 7) is 1.09. The molecule has 0 aromatic heterocycles. The second kappa shape index (κ2) is 9.32. The molecule has 0 bridgehead atoms.